The highest BCUT2D eigenvalue weighted by atomic mass is 16.5. The average molecular weight is 404 g/mol. The predicted molar refractivity (Wildman–Crippen MR) is 111 cm³/mol. The van der Waals surface area contributed by atoms with Crippen LogP contribution in [0.4, 0.5) is 0 Å². The van der Waals surface area contributed by atoms with Crippen molar-refractivity contribution < 1.29 is 14.3 Å². The summed E-state index contributed by atoms with van der Waals surface area (Å²) in [5.41, 5.74) is 4.62. The van der Waals surface area contributed by atoms with Gasteiger partial charge in [-0.25, -0.2) is 4.98 Å². The maximum Gasteiger partial charge on any atom is 0.260 e. The first-order valence-corrected chi connectivity index (χ1v) is 10.3. The molecule has 1 fully saturated rings. The number of aromatic nitrogens is 3. The number of nitrogens with zero attached hydrogens (tertiary/aromatic N) is 4. The molecular formula is C23H24N4O3. The summed E-state index contributed by atoms with van der Waals surface area (Å²) in [6, 6.07) is 12.1. The van der Waals surface area contributed by atoms with E-state index in [9.17, 15) is 4.79 Å². The number of carbonyl (C=O) groups excluding carboxylic acids is 1. The van der Waals surface area contributed by atoms with E-state index in [1.54, 1.807) is 10.9 Å². The van der Waals surface area contributed by atoms with Crippen molar-refractivity contribution in [3.63, 3.8) is 0 Å². The Balaban J connectivity index is 1.28. The zero-order valence-electron chi connectivity index (χ0n) is 17.0. The molecule has 2 aromatic heterocycles. The minimum Gasteiger partial charge on any atom is -0.474 e. The highest BCUT2D eigenvalue weighted by Crippen LogP contribution is 2.31. The number of hydrogen-bond donors (Lipinski definition) is 0. The molecule has 0 saturated carbocycles. The Labute approximate surface area is 175 Å². The van der Waals surface area contributed by atoms with Crippen LogP contribution in [0.15, 0.2) is 48.8 Å². The van der Waals surface area contributed by atoms with Gasteiger partial charge in [0.2, 0.25) is 5.88 Å². The Hall–Kier alpha value is -3.19. The van der Waals surface area contributed by atoms with Crippen LogP contribution in [0.5, 0.6) is 5.88 Å². The third-order valence-electron chi connectivity index (χ3n) is 5.63. The second-order valence-electron chi connectivity index (χ2n) is 7.83. The highest BCUT2D eigenvalue weighted by Gasteiger charge is 2.32. The Morgan fingerprint density at radius 1 is 1.20 bits per heavy atom. The largest absolute Gasteiger partial charge is 0.474 e. The second-order valence-corrected chi connectivity index (χ2v) is 7.83. The van der Waals surface area contributed by atoms with Crippen molar-refractivity contribution in [3.05, 3.63) is 65.5 Å². The van der Waals surface area contributed by atoms with E-state index in [1.165, 1.54) is 0 Å². The number of amides is 1. The van der Waals surface area contributed by atoms with Gasteiger partial charge in [-0.2, -0.15) is 5.10 Å². The molecule has 4 heterocycles. The van der Waals surface area contributed by atoms with Crippen molar-refractivity contribution >= 4 is 5.91 Å². The van der Waals surface area contributed by atoms with E-state index in [-0.39, 0.29) is 12.0 Å². The number of rotatable bonds is 6. The van der Waals surface area contributed by atoms with Crippen LogP contribution in [0.25, 0.3) is 11.3 Å². The van der Waals surface area contributed by atoms with E-state index in [0.29, 0.717) is 31.1 Å². The summed E-state index contributed by atoms with van der Waals surface area (Å²) in [5.74, 6) is 0.384. The van der Waals surface area contributed by atoms with Gasteiger partial charge in [-0.15, -0.1) is 0 Å². The molecule has 154 valence electrons. The second kappa shape index (κ2) is 7.91. The average Bonchev–Trinajstić information content (AvgIpc) is 3.49. The Kier molecular flexibility index (Phi) is 4.96. The fraction of sp³-hybridized carbons (Fsp3) is 0.348. The number of fused-ring (bicyclic) bond motifs is 1. The molecule has 2 aliphatic rings. The van der Waals surface area contributed by atoms with Crippen LogP contribution >= 0.6 is 0 Å². The van der Waals surface area contributed by atoms with Gasteiger partial charge >= 0.3 is 0 Å². The van der Waals surface area contributed by atoms with Crippen molar-refractivity contribution in [2.45, 2.75) is 32.0 Å². The van der Waals surface area contributed by atoms with E-state index >= 15 is 0 Å². The van der Waals surface area contributed by atoms with E-state index in [2.05, 4.69) is 10.1 Å². The first-order valence-electron chi connectivity index (χ1n) is 10.3. The quantitative estimate of drug-likeness (QED) is 0.631. The van der Waals surface area contributed by atoms with Gasteiger partial charge in [0.05, 0.1) is 11.8 Å². The van der Waals surface area contributed by atoms with Crippen molar-refractivity contribution in [3.8, 4) is 17.1 Å². The van der Waals surface area contributed by atoms with Gasteiger partial charge in [-0.1, -0.05) is 24.3 Å². The van der Waals surface area contributed by atoms with Crippen LogP contribution < -0.4 is 4.74 Å². The predicted octanol–water partition coefficient (Wildman–Crippen LogP) is 3.20. The molecule has 5 rings (SSSR count). The molecule has 2 aliphatic heterocycles. The summed E-state index contributed by atoms with van der Waals surface area (Å²) in [7, 11) is 1.90. The van der Waals surface area contributed by atoms with Crippen LogP contribution in [0, 0.1) is 0 Å². The Bertz CT molecular complexity index is 1050. The van der Waals surface area contributed by atoms with Crippen molar-refractivity contribution in [2.24, 2.45) is 7.05 Å². The normalized spacial score (nSPS) is 18.1. The smallest absolute Gasteiger partial charge is 0.260 e. The minimum absolute atomic E-state index is 0.0331. The summed E-state index contributed by atoms with van der Waals surface area (Å²) in [5, 5.41) is 4.43. The Morgan fingerprint density at radius 2 is 2.07 bits per heavy atom. The minimum atomic E-state index is -0.0331. The number of hydrogen-bond acceptors (Lipinski definition) is 5. The lowest BCUT2D eigenvalue weighted by molar-refractivity contribution is 0.0643. The molecule has 7 nitrogen and oxygen atoms in total. The van der Waals surface area contributed by atoms with E-state index < -0.39 is 0 Å². The molecule has 0 bridgehead atoms. The number of ether oxygens (including phenoxy) is 2. The zero-order valence-corrected chi connectivity index (χ0v) is 17.0. The summed E-state index contributed by atoms with van der Waals surface area (Å²) in [6.07, 6.45) is 5.77. The van der Waals surface area contributed by atoms with Crippen molar-refractivity contribution in [1.82, 2.24) is 19.7 Å². The van der Waals surface area contributed by atoms with Crippen molar-refractivity contribution in [1.29, 1.82) is 0 Å². The molecular weight excluding hydrogens is 380 g/mol. The standard InChI is InChI=1S/C23H24N4O3/c1-26-11-9-20(25-26)17-6-4-16(5-7-17)13-27-14-18-8-10-24-22(21(18)23(27)28)30-15-19-3-2-12-29-19/h4-11,19H,2-3,12-15H2,1H3. The lowest BCUT2D eigenvalue weighted by Gasteiger charge is -2.16. The number of benzene rings is 1. The van der Waals surface area contributed by atoms with Gasteiger partial charge < -0.3 is 14.4 Å². The van der Waals surface area contributed by atoms with Gasteiger partial charge in [0.25, 0.3) is 5.91 Å². The van der Waals surface area contributed by atoms with E-state index in [4.69, 9.17) is 9.47 Å². The van der Waals surface area contributed by atoms with Gasteiger partial charge in [0.1, 0.15) is 12.2 Å². The maximum atomic E-state index is 13.1. The van der Waals surface area contributed by atoms with Crippen LogP contribution in [-0.2, 0) is 24.9 Å². The molecule has 0 N–H and O–H groups in total. The number of aryl methyl sites for hydroxylation is 1. The van der Waals surface area contributed by atoms with Crippen LogP contribution in [0.3, 0.4) is 0 Å². The third-order valence-corrected chi connectivity index (χ3v) is 5.63. The SMILES string of the molecule is Cn1ccc(-c2ccc(CN3Cc4ccnc(OCC5CCCO5)c4C3=O)cc2)n1. The molecule has 1 aromatic carbocycles. The van der Waals surface area contributed by atoms with E-state index in [1.807, 2.05) is 54.5 Å². The molecule has 0 aliphatic carbocycles. The summed E-state index contributed by atoms with van der Waals surface area (Å²) >= 11 is 0. The van der Waals surface area contributed by atoms with Crippen molar-refractivity contribution in [2.75, 3.05) is 13.2 Å². The molecule has 0 spiro atoms. The zero-order chi connectivity index (χ0) is 20.5. The molecule has 0 radical (unpaired) electrons. The molecule has 7 heteroatoms. The fourth-order valence-corrected chi connectivity index (χ4v) is 4.03. The molecule has 1 unspecified atom stereocenters. The topological polar surface area (TPSA) is 69.5 Å². The molecule has 30 heavy (non-hydrogen) atoms. The van der Waals surface area contributed by atoms with Gasteiger partial charge in [-0.05, 0) is 36.1 Å². The van der Waals surface area contributed by atoms with Gasteiger partial charge in [0.15, 0.2) is 0 Å². The molecule has 1 atom stereocenters. The molecule has 1 saturated heterocycles. The third kappa shape index (κ3) is 3.68. The number of carbonyl (C=O) groups is 1. The lowest BCUT2D eigenvalue weighted by atomic mass is 10.1. The van der Waals surface area contributed by atoms with Crippen LogP contribution in [0.2, 0.25) is 0 Å². The lowest BCUT2D eigenvalue weighted by Crippen LogP contribution is -2.24. The summed E-state index contributed by atoms with van der Waals surface area (Å²) in [4.78, 5) is 19.2. The number of pyridine rings is 1. The van der Waals surface area contributed by atoms with Crippen LogP contribution in [0.1, 0.15) is 34.3 Å². The van der Waals surface area contributed by atoms with Crippen LogP contribution in [-0.4, -0.2) is 44.9 Å². The maximum absolute atomic E-state index is 13.1. The molecule has 3 aromatic rings. The first kappa shape index (κ1) is 18.8. The first-order chi connectivity index (χ1) is 14.7. The highest BCUT2D eigenvalue weighted by molar-refractivity contribution is 6.00. The fourth-order valence-electron chi connectivity index (χ4n) is 4.03. The Morgan fingerprint density at radius 3 is 2.80 bits per heavy atom. The molecule has 1 amide bonds. The monoisotopic (exact) mass is 404 g/mol. The summed E-state index contributed by atoms with van der Waals surface area (Å²) < 4.78 is 13.3. The summed E-state index contributed by atoms with van der Waals surface area (Å²) in [6.45, 7) is 2.32. The van der Waals surface area contributed by atoms with E-state index in [0.717, 1.165) is 41.8 Å². The van der Waals surface area contributed by atoms with Gasteiger partial charge in [-0.3, -0.25) is 9.48 Å². The van der Waals surface area contributed by atoms with Gasteiger partial charge in [0, 0.05) is 44.7 Å².